The summed E-state index contributed by atoms with van der Waals surface area (Å²) >= 11 is 0. The number of rotatable bonds is 2. The molecule has 0 aromatic heterocycles. The summed E-state index contributed by atoms with van der Waals surface area (Å²) in [5.41, 5.74) is 1.26. The van der Waals surface area contributed by atoms with Gasteiger partial charge in [0, 0.05) is 5.57 Å². The molecule has 0 amide bonds. The van der Waals surface area contributed by atoms with Crippen LogP contribution in [0.3, 0.4) is 0 Å². The van der Waals surface area contributed by atoms with E-state index < -0.39 is 0 Å². The molecule has 2 nitrogen and oxygen atoms in total. The van der Waals surface area contributed by atoms with Gasteiger partial charge in [0.15, 0.2) is 0 Å². The number of ether oxygens (including phenoxy) is 1. The van der Waals surface area contributed by atoms with Crippen LogP contribution in [0.1, 0.15) is 44.9 Å². The second-order valence-corrected chi connectivity index (χ2v) is 4.57. The Morgan fingerprint density at radius 3 is 2.69 bits per heavy atom. The van der Waals surface area contributed by atoms with Crippen LogP contribution in [-0.2, 0) is 4.74 Å². The lowest BCUT2D eigenvalue weighted by molar-refractivity contribution is 0.382. The van der Waals surface area contributed by atoms with Crippen LogP contribution in [0.5, 0.6) is 0 Å². The third-order valence-electron chi connectivity index (χ3n) is 3.35. The van der Waals surface area contributed by atoms with Gasteiger partial charge in [-0.25, -0.2) is 4.99 Å². The van der Waals surface area contributed by atoms with E-state index in [0.717, 1.165) is 18.7 Å². The molecule has 0 saturated heterocycles. The van der Waals surface area contributed by atoms with Gasteiger partial charge < -0.3 is 4.74 Å². The predicted molar refractivity (Wildman–Crippen MR) is 67.8 cm³/mol. The lowest BCUT2D eigenvalue weighted by atomic mass is 9.96. The molecular weight excluding hydrogens is 198 g/mol. The normalized spacial score (nSPS) is 23.1. The molecule has 0 N–H and O–H groups in total. The number of hydrogen-bond acceptors (Lipinski definition) is 2. The molecule has 0 bridgehead atoms. The lowest BCUT2D eigenvalue weighted by Crippen LogP contribution is -2.15. The highest BCUT2D eigenvalue weighted by Crippen LogP contribution is 2.22. The topological polar surface area (TPSA) is 21.6 Å². The first-order valence-electron chi connectivity index (χ1n) is 6.36. The molecule has 0 atom stereocenters. The molecule has 0 aliphatic heterocycles. The molecule has 2 rings (SSSR count). The average molecular weight is 219 g/mol. The van der Waals surface area contributed by atoms with Gasteiger partial charge >= 0.3 is 0 Å². The van der Waals surface area contributed by atoms with E-state index >= 15 is 0 Å². The van der Waals surface area contributed by atoms with E-state index in [1.54, 1.807) is 7.11 Å². The summed E-state index contributed by atoms with van der Waals surface area (Å²) in [5.74, 6) is 0.872. The highest BCUT2D eigenvalue weighted by Gasteiger charge is 2.15. The van der Waals surface area contributed by atoms with Crippen molar-refractivity contribution in [3.05, 3.63) is 23.8 Å². The summed E-state index contributed by atoms with van der Waals surface area (Å²) in [7, 11) is 1.74. The first-order chi connectivity index (χ1) is 7.90. The fraction of sp³-hybridized carbons (Fsp3) is 0.643. The lowest BCUT2D eigenvalue weighted by Gasteiger charge is -2.20. The summed E-state index contributed by atoms with van der Waals surface area (Å²) in [5, 5.41) is 0. The van der Waals surface area contributed by atoms with Gasteiger partial charge in [-0.2, -0.15) is 0 Å². The van der Waals surface area contributed by atoms with E-state index in [9.17, 15) is 0 Å². The smallest absolute Gasteiger partial charge is 0.211 e. The highest BCUT2D eigenvalue weighted by atomic mass is 16.5. The van der Waals surface area contributed by atoms with Gasteiger partial charge in [0.25, 0.3) is 0 Å². The van der Waals surface area contributed by atoms with E-state index in [0.29, 0.717) is 6.04 Å². The summed E-state index contributed by atoms with van der Waals surface area (Å²) in [6.45, 7) is 0. The van der Waals surface area contributed by atoms with Crippen LogP contribution in [0.25, 0.3) is 0 Å². The number of hydrogen-bond donors (Lipinski definition) is 0. The SMILES string of the molecule is COC(=NC1CCCCC1)C1=CCC=CC1. The van der Waals surface area contributed by atoms with E-state index in [1.807, 2.05) is 0 Å². The van der Waals surface area contributed by atoms with Gasteiger partial charge in [-0.3, -0.25) is 0 Å². The van der Waals surface area contributed by atoms with Crippen molar-refractivity contribution < 1.29 is 4.74 Å². The third kappa shape index (κ3) is 2.97. The second kappa shape index (κ2) is 5.88. The number of methoxy groups -OCH3 is 1. The van der Waals surface area contributed by atoms with Crippen LogP contribution < -0.4 is 0 Å². The fourth-order valence-corrected chi connectivity index (χ4v) is 2.42. The minimum absolute atomic E-state index is 0.496. The molecule has 2 heteroatoms. The van der Waals surface area contributed by atoms with Crippen molar-refractivity contribution in [3.63, 3.8) is 0 Å². The molecule has 16 heavy (non-hydrogen) atoms. The van der Waals surface area contributed by atoms with E-state index in [1.165, 1.54) is 37.7 Å². The molecule has 0 unspecified atom stereocenters. The van der Waals surface area contributed by atoms with Crippen molar-refractivity contribution in [1.29, 1.82) is 0 Å². The molecule has 0 heterocycles. The number of allylic oxidation sites excluding steroid dienone is 3. The molecule has 0 radical (unpaired) electrons. The minimum atomic E-state index is 0.496. The van der Waals surface area contributed by atoms with Crippen LogP contribution in [0, 0.1) is 0 Å². The first-order valence-corrected chi connectivity index (χ1v) is 6.36. The molecular formula is C14H21NO. The van der Waals surface area contributed by atoms with Crippen molar-refractivity contribution in [2.75, 3.05) is 7.11 Å². The number of aliphatic imine (C=N–C) groups is 1. The Balaban J connectivity index is 2.02. The highest BCUT2D eigenvalue weighted by molar-refractivity contribution is 5.94. The van der Waals surface area contributed by atoms with Gasteiger partial charge in [0.2, 0.25) is 5.90 Å². The fourth-order valence-electron chi connectivity index (χ4n) is 2.42. The molecule has 0 spiro atoms. The van der Waals surface area contributed by atoms with Crippen LogP contribution >= 0.6 is 0 Å². The average Bonchev–Trinajstić information content (AvgIpc) is 2.38. The quantitative estimate of drug-likeness (QED) is 0.395. The molecule has 2 aliphatic rings. The van der Waals surface area contributed by atoms with Crippen molar-refractivity contribution in [3.8, 4) is 0 Å². The zero-order chi connectivity index (χ0) is 11.2. The summed E-state index contributed by atoms with van der Waals surface area (Å²) in [4.78, 5) is 4.77. The van der Waals surface area contributed by atoms with Crippen LogP contribution in [0.2, 0.25) is 0 Å². The van der Waals surface area contributed by atoms with Crippen molar-refractivity contribution >= 4 is 5.90 Å². The summed E-state index contributed by atoms with van der Waals surface area (Å²) in [6.07, 6.45) is 15.1. The van der Waals surface area contributed by atoms with Crippen LogP contribution in [-0.4, -0.2) is 19.0 Å². The maximum Gasteiger partial charge on any atom is 0.211 e. The van der Waals surface area contributed by atoms with Crippen molar-refractivity contribution in [1.82, 2.24) is 0 Å². The summed E-state index contributed by atoms with van der Waals surface area (Å²) in [6, 6.07) is 0.496. The molecule has 0 aromatic carbocycles. The maximum atomic E-state index is 5.44. The standard InChI is InChI=1S/C14H21NO/c1-16-14(12-8-4-2-5-9-12)15-13-10-6-3-7-11-13/h2,4,9,13H,3,5-8,10-11H2,1H3. The molecule has 2 aliphatic carbocycles. The predicted octanol–water partition coefficient (Wildman–Crippen LogP) is 3.64. The van der Waals surface area contributed by atoms with E-state index in [4.69, 9.17) is 9.73 Å². The molecule has 1 fully saturated rings. The Morgan fingerprint density at radius 2 is 2.06 bits per heavy atom. The zero-order valence-corrected chi connectivity index (χ0v) is 10.1. The second-order valence-electron chi connectivity index (χ2n) is 4.57. The Hall–Kier alpha value is -1.05. The van der Waals surface area contributed by atoms with Gasteiger partial charge in [-0.1, -0.05) is 37.5 Å². The van der Waals surface area contributed by atoms with Gasteiger partial charge in [-0.15, -0.1) is 0 Å². The van der Waals surface area contributed by atoms with E-state index in [2.05, 4.69) is 18.2 Å². The van der Waals surface area contributed by atoms with Crippen molar-refractivity contribution in [2.45, 2.75) is 51.0 Å². The van der Waals surface area contributed by atoms with Gasteiger partial charge in [0.05, 0.1) is 13.2 Å². The van der Waals surface area contributed by atoms with Crippen LogP contribution in [0.15, 0.2) is 28.8 Å². The Morgan fingerprint density at radius 1 is 1.25 bits per heavy atom. The van der Waals surface area contributed by atoms with Crippen LogP contribution in [0.4, 0.5) is 0 Å². The zero-order valence-electron chi connectivity index (χ0n) is 10.1. The third-order valence-corrected chi connectivity index (χ3v) is 3.35. The van der Waals surface area contributed by atoms with E-state index in [-0.39, 0.29) is 0 Å². The Bertz CT molecular complexity index is 309. The number of nitrogens with zero attached hydrogens (tertiary/aromatic N) is 1. The first kappa shape index (κ1) is 11.4. The molecule has 1 saturated carbocycles. The minimum Gasteiger partial charge on any atom is -0.481 e. The van der Waals surface area contributed by atoms with Gasteiger partial charge in [-0.05, 0) is 25.7 Å². The largest absolute Gasteiger partial charge is 0.481 e. The maximum absolute atomic E-state index is 5.44. The molecule has 88 valence electrons. The monoisotopic (exact) mass is 219 g/mol. The Labute approximate surface area is 98.1 Å². The van der Waals surface area contributed by atoms with Crippen molar-refractivity contribution in [2.24, 2.45) is 4.99 Å². The Kier molecular flexibility index (Phi) is 4.20. The molecule has 0 aromatic rings. The van der Waals surface area contributed by atoms with Gasteiger partial charge in [0.1, 0.15) is 0 Å². The summed E-state index contributed by atoms with van der Waals surface area (Å²) < 4.78 is 5.44.